The molecule has 3 heteroatoms. The third kappa shape index (κ3) is 1.69. The molecule has 0 aromatic carbocycles. The number of hydrogen-bond donors (Lipinski definition) is 1. The van der Waals surface area contributed by atoms with E-state index >= 15 is 0 Å². The molecule has 1 heterocycles. The standard InChI is InChI=1S/C10H13ClN2/c11-10-8(5-2-6-13-10)9(12)7-3-1-4-7/h2,5-7,9H,1,3-4,12H2/t9-/m0/s1. The highest BCUT2D eigenvalue weighted by atomic mass is 35.5. The van der Waals surface area contributed by atoms with E-state index in [4.69, 9.17) is 17.3 Å². The van der Waals surface area contributed by atoms with Crippen LogP contribution >= 0.6 is 11.6 Å². The van der Waals surface area contributed by atoms with Crippen LogP contribution < -0.4 is 5.73 Å². The molecule has 1 fully saturated rings. The number of hydrogen-bond acceptors (Lipinski definition) is 2. The smallest absolute Gasteiger partial charge is 0.133 e. The number of nitrogens with zero attached hydrogens (tertiary/aromatic N) is 1. The molecule has 1 aromatic rings. The van der Waals surface area contributed by atoms with Gasteiger partial charge in [-0.2, -0.15) is 0 Å². The molecule has 70 valence electrons. The van der Waals surface area contributed by atoms with Crippen LogP contribution in [0.4, 0.5) is 0 Å². The third-order valence-electron chi connectivity index (χ3n) is 2.80. The zero-order chi connectivity index (χ0) is 9.26. The van der Waals surface area contributed by atoms with E-state index in [0.29, 0.717) is 11.1 Å². The molecule has 0 spiro atoms. The number of nitrogens with two attached hydrogens (primary N) is 1. The van der Waals surface area contributed by atoms with Gasteiger partial charge in [0.15, 0.2) is 0 Å². The van der Waals surface area contributed by atoms with Gasteiger partial charge in [-0.25, -0.2) is 4.98 Å². The van der Waals surface area contributed by atoms with E-state index < -0.39 is 0 Å². The van der Waals surface area contributed by atoms with Crippen molar-refractivity contribution in [2.45, 2.75) is 25.3 Å². The van der Waals surface area contributed by atoms with Crippen LogP contribution in [-0.4, -0.2) is 4.98 Å². The number of pyridine rings is 1. The Balaban J connectivity index is 2.18. The summed E-state index contributed by atoms with van der Waals surface area (Å²) in [6, 6.07) is 3.94. The molecule has 1 saturated carbocycles. The Morgan fingerprint density at radius 3 is 2.85 bits per heavy atom. The van der Waals surface area contributed by atoms with Crippen LogP contribution in [0.5, 0.6) is 0 Å². The van der Waals surface area contributed by atoms with Gasteiger partial charge in [-0.3, -0.25) is 0 Å². The molecular weight excluding hydrogens is 184 g/mol. The van der Waals surface area contributed by atoms with Gasteiger partial charge in [0.05, 0.1) is 0 Å². The van der Waals surface area contributed by atoms with Gasteiger partial charge in [-0.1, -0.05) is 24.1 Å². The van der Waals surface area contributed by atoms with Crippen LogP contribution in [0.1, 0.15) is 30.9 Å². The summed E-state index contributed by atoms with van der Waals surface area (Å²) in [5.74, 6) is 0.613. The molecule has 1 aliphatic carbocycles. The van der Waals surface area contributed by atoms with Crippen molar-refractivity contribution in [2.24, 2.45) is 11.7 Å². The lowest BCUT2D eigenvalue weighted by atomic mass is 9.78. The van der Waals surface area contributed by atoms with Crippen molar-refractivity contribution in [3.63, 3.8) is 0 Å². The first-order valence-electron chi connectivity index (χ1n) is 4.65. The van der Waals surface area contributed by atoms with Gasteiger partial charge in [0.1, 0.15) is 5.15 Å². The summed E-state index contributed by atoms with van der Waals surface area (Å²) in [7, 11) is 0. The highest BCUT2D eigenvalue weighted by Crippen LogP contribution is 2.37. The van der Waals surface area contributed by atoms with Crippen LogP contribution in [0.2, 0.25) is 5.15 Å². The lowest BCUT2D eigenvalue weighted by Crippen LogP contribution is -2.27. The molecule has 1 aromatic heterocycles. The summed E-state index contributed by atoms with van der Waals surface area (Å²) in [4.78, 5) is 4.03. The van der Waals surface area contributed by atoms with Crippen molar-refractivity contribution in [2.75, 3.05) is 0 Å². The molecule has 1 atom stereocenters. The molecule has 2 N–H and O–H groups in total. The Morgan fingerprint density at radius 2 is 2.31 bits per heavy atom. The molecule has 0 bridgehead atoms. The Morgan fingerprint density at radius 1 is 1.54 bits per heavy atom. The average molecular weight is 197 g/mol. The van der Waals surface area contributed by atoms with Gasteiger partial charge in [-0.15, -0.1) is 0 Å². The normalized spacial score (nSPS) is 19.5. The lowest BCUT2D eigenvalue weighted by molar-refractivity contribution is 0.264. The first-order chi connectivity index (χ1) is 6.29. The van der Waals surface area contributed by atoms with E-state index in [0.717, 1.165) is 5.56 Å². The van der Waals surface area contributed by atoms with Gasteiger partial charge < -0.3 is 5.73 Å². The van der Waals surface area contributed by atoms with Crippen molar-refractivity contribution in [1.29, 1.82) is 0 Å². The zero-order valence-corrected chi connectivity index (χ0v) is 8.17. The van der Waals surface area contributed by atoms with Crippen LogP contribution in [-0.2, 0) is 0 Å². The molecule has 0 unspecified atom stereocenters. The van der Waals surface area contributed by atoms with Crippen molar-refractivity contribution in [3.05, 3.63) is 29.0 Å². The molecule has 0 amide bonds. The summed E-state index contributed by atoms with van der Waals surface area (Å²) in [5, 5.41) is 0.557. The second-order valence-corrected chi connectivity index (χ2v) is 3.96. The van der Waals surface area contributed by atoms with E-state index in [1.54, 1.807) is 6.20 Å². The molecule has 0 radical (unpaired) electrons. The minimum atomic E-state index is 0.0787. The van der Waals surface area contributed by atoms with Crippen LogP contribution in [0.25, 0.3) is 0 Å². The van der Waals surface area contributed by atoms with E-state index in [-0.39, 0.29) is 6.04 Å². The fraction of sp³-hybridized carbons (Fsp3) is 0.500. The first kappa shape index (κ1) is 8.97. The minimum absolute atomic E-state index is 0.0787. The second kappa shape index (κ2) is 3.64. The predicted octanol–water partition coefficient (Wildman–Crippen LogP) is 2.53. The number of halogens is 1. The van der Waals surface area contributed by atoms with Crippen molar-refractivity contribution >= 4 is 11.6 Å². The molecule has 2 nitrogen and oxygen atoms in total. The molecule has 2 rings (SSSR count). The van der Waals surface area contributed by atoms with E-state index in [1.807, 2.05) is 12.1 Å². The monoisotopic (exact) mass is 196 g/mol. The summed E-state index contributed by atoms with van der Waals surface area (Å²) in [6.07, 6.45) is 5.45. The summed E-state index contributed by atoms with van der Waals surface area (Å²) >= 11 is 5.95. The fourth-order valence-corrected chi connectivity index (χ4v) is 1.95. The average Bonchev–Trinajstić information content (AvgIpc) is 2.01. The summed E-state index contributed by atoms with van der Waals surface area (Å²) in [5.41, 5.74) is 7.07. The van der Waals surface area contributed by atoms with Crippen molar-refractivity contribution in [3.8, 4) is 0 Å². The maximum Gasteiger partial charge on any atom is 0.133 e. The van der Waals surface area contributed by atoms with Crippen LogP contribution in [0, 0.1) is 5.92 Å². The van der Waals surface area contributed by atoms with E-state index in [9.17, 15) is 0 Å². The minimum Gasteiger partial charge on any atom is -0.324 e. The molecule has 13 heavy (non-hydrogen) atoms. The van der Waals surface area contributed by atoms with E-state index in [2.05, 4.69) is 4.98 Å². The van der Waals surface area contributed by atoms with E-state index in [1.165, 1.54) is 19.3 Å². The highest BCUT2D eigenvalue weighted by Gasteiger charge is 2.26. The SMILES string of the molecule is N[C@H](c1cccnc1Cl)C1CCC1. The highest BCUT2D eigenvalue weighted by molar-refractivity contribution is 6.30. The Hall–Kier alpha value is -0.600. The maximum absolute atomic E-state index is 6.08. The quantitative estimate of drug-likeness (QED) is 0.739. The third-order valence-corrected chi connectivity index (χ3v) is 3.12. The van der Waals surface area contributed by atoms with Gasteiger partial charge >= 0.3 is 0 Å². The van der Waals surface area contributed by atoms with Gasteiger partial charge in [0, 0.05) is 17.8 Å². The largest absolute Gasteiger partial charge is 0.324 e. The molecular formula is C10H13ClN2. The van der Waals surface area contributed by atoms with Gasteiger partial charge in [0.25, 0.3) is 0 Å². The summed E-state index contributed by atoms with van der Waals surface area (Å²) < 4.78 is 0. The van der Waals surface area contributed by atoms with Crippen molar-refractivity contribution in [1.82, 2.24) is 4.98 Å². The molecule has 0 aliphatic heterocycles. The Bertz CT molecular complexity index is 297. The number of aromatic nitrogens is 1. The number of rotatable bonds is 2. The Labute approximate surface area is 83.1 Å². The fourth-order valence-electron chi connectivity index (χ4n) is 1.70. The van der Waals surface area contributed by atoms with Crippen molar-refractivity contribution < 1.29 is 0 Å². The lowest BCUT2D eigenvalue weighted by Gasteiger charge is -2.31. The topological polar surface area (TPSA) is 38.9 Å². The second-order valence-electron chi connectivity index (χ2n) is 3.60. The first-order valence-corrected chi connectivity index (χ1v) is 5.03. The van der Waals surface area contributed by atoms with Gasteiger partial charge in [0.2, 0.25) is 0 Å². The molecule has 0 saturated heterocycles. The Kier molecular flexibility index (Phi) is 2.51. The summed E-state index contributed by atoms with van der Waals surface area (Å²) in [6.45, 7) is 0. The molecule has 1 aliphatic rings. The zero-order valence-electron chi connectivity index (χ0n) is 7.41. The maximum atomic E-state index is 6.08. The predicted molar refractivity (Wildman–Crippen MR) is 53.5 cm³/mol. The van der Waals surface area contributed by atoms with Crippen LogP contribution in [0.15, 0.2) is 18.3 Å². The van der Waals surface area contributed by atoms with Gasteiger partial charge in [-0.05, 0) is 24.8 Å². The van der Waals surface area contributed by atoms with Crippen LogP contribution in [0.3, 0.4) is 0 Å².